The van der Waals surface area contributed by atoms with Crippen molar-refractivity contribution in [2.75, 3.05) is 0 Å². The van der Waals surface area contributed by atoms with Crippen LogP contribution in [0.4, 0.5) is 14.1 Å². The van der Waals surface area contributed by atoms with Gasteiger partial charge in [0.1, 0.15) is 0 Å². The summed E-state index contributed by atoms with van der Waals surface area (Å²) < 4.78 is 0. The zero-order valence-electron chi connectivity index (χ0n) is 4.38. The molecule has 5 heteroatoms. The van der Waals surface area contributed by atoms with Crippen molar-refractivity contribution in [3.63, 3.8) is 0 Å². The summed E-state index contributed by atoms with van der Waals surface area (Å²) in [6.07, 6.45) is 0. The number of halogens is 3. The van der Waals surface area contributed by atoms with Gasteiger partial charge in [-0.2, -0.15) is 0 Å². The molecule has 0 aromatic rings. The second-order valence-corrected chi connectivity index (χ2v) is 1.24. The van der Waals surface area contributed by atoms with Crippen molar-refractivity contribution >= 4 is 8.41 Å². The number of hydrogen-bond donors (Lipinski definition) is 1. The van der Waals surface area contributed by atoms with Gasteiger partial charge in [0.05, 0.1) is 8.41 Å². The highest BCUT2D eigenvalue weighted by atomic mass is 19.0. The predicted molar refractivity (Wildman–Crippen MR) is 36.8 cm³/mol. The van der Waals surface area contributed by atoms with Gasteiger partial charge in [-0.25, -0.2) is 0 Å². The molecule has 0 aliphatic heterocycles. The number of rotatable bonds is 0. The maximum absolute atomic E-state index is 5.11. The van der Waals surface area contributed by atoms with Crippen LogP contribution in [0.1, 0.15) is 13.8 Å². The van der Waals surface area contributed by atoms with Crippen molar-refractivity contribution in [3.8, 4) is 0 Å². The molecule has 0 aliphatic carbocycles. The summed E-state index contributed by atoms with van der Waals surface area (Å²) in [6.45, 7) is 3.89. The summed E-state index contributed by atoms with van der Waals surface area (Å²) in [7, 11) is 0. The summed E-state index contributed by atoms with van der Waals surface area (Å²) >= 11 is 0. The van der Waals surface area contributed by atoms with Gasteiger partial charge in [0.15, 0.2) is 0 Å². The standard InChI is InChI=1S/C3H9N.BH3.3FH/c1-3(2)4;;;;/h3H,4H2,1-2H3;1H3;3*1H. The molecule has 0 heterocycles. The Kier molecular flexibility index (Phi) is 167. The zero-order chi connectivity index (χ0) is 3.58. The highest BCUT2D eigenvalue weighted by molar-refractivity contribution is 5.75. The molecule has 2 N–H and O–H groups in total. The van der Waals surface area contributed by atoms with Gasteiger partial charge in [-0.1, -0.05) is 13.8 Å². The van der Waals surface area contributed by atoms with Gasteiger partial charge in [0, 0.05) is 0 Å². The van der Waals surface area contributed by atoms with E-state index >= 15 is 0 Å². The van der Waals surface area contributed by atoms with Crippen molar-refractivity contribution in [3.05, 3.63) is 0 Å². The summed E-state index contributed by atoms with van der Waals surface area (Å²) in [4.78, 5) is 0. The lowest BCUT2D eigenvalue weighted by Gasteiger charge is -1.81. The minimum atomic E-state index is 0. The molecule has 0 saturated heterocycles. The van der Waals surface area contributed by atoms with Crippen molar-refractivity contribution in [2.45, 2.75) is 19.9 Å². The summed E-state index contributed by atoms with van der Waals surface area (Å²) in [6, 6.07) is 0.333. The third-order valence-electron chi connectivity index (χ3n) is 0. The average Bonchev–Trinajstić information content (AvgIpc) is 0.811. The molecule has 0 amide bonds. The lowest BCUT2D eigenvalue weighted by molar-refractivity contribution is 0.834. The van der Waals surface area contributed by atoms with Crippen LogP contribution < -0.4 is 5.73 Å². The molecule has 8 heavy (non-hydrogen) atoms. The van der Waals surface area contributed by atoms with Gasteiger partial charge in [-0.05, 0) is 6.04 Å². The van der Waals surface area contributed by atoms with Gasteiger partial charge < -0.3 is 5.73 Å². The monoisotopic (exact) mass is 133 g/mol. The Morgan fingerprint density at radius 3 is 1.00 bits per heavy atom. The number of hydrogen-bond acceptors (Lipinski definition) is 1. The van der Waals surface area contributed by atoms with E-state index in [1.165, 1.54) is 0 Å². The van der Waals surface area contributed by atoms with E-state index in [9.17, 15) is 0 Å². The Labute approximate surface area is 49.3 Å². The predicted octanol–water partition coefficient (Wildman–Crippen LogP) is -0.373. The average molecular weight is 133 g/mol. The molecule has 0 spiro atoms. The smallest absolute Gasteiger partial charge is 0.0814 e. The van der Waals surface area contributed by atoms with Crippen molar-refractivity contribution in [2.24, 2.45) is 5.73 Å². The zero-order valence-corrected chi connectivity index (χ0v) is 4.38. The first kappa shape index (κ1) is 45.8. The highest BCUT2D eigenvalue weighted by Gasteiger charge is 1.67. The molecule has 0 radical (unpaired) electrons. The van der Waals surface area contributed by atoms with Crippen LogP contribution >= 0.6 is 0 Å². The minimum absolute atomic E-state index is 0. The molecular formula is C3H15BF3N. The first-order chi connectivity index (χ1) is 1.73. The lowest BCUT2D eigenvalue weighted by atomic mass is 10.5. The summed E-state index contributed by atoms with van der Waals surface area (Å²) in [5.41, 5.74) is 5.11. The molecular weight excluding hydrogens is 118 g/mol. The van der Waals surface area contributed by atoms with Crippen LogP contribution in [0.5, 0.6) is 0 Å². The van der Waals surface area contributed by atoms with Gasteiger partial charge >= 0.3 is 0 Å². The van der Waals surface area contributed by atoms with E-state index in [1.807, 2.05) is 13.8 Å². The molecule has 0 aliphatic rings. The molecule has 0 unspecified atom stereocenters. The molecule has 0 atom stereocenters. The third kappa shape index (κ3) is 3940. The molecule has 0 bridgehead atoms. The lowest BCUT2D eigenvalue weighted by Crippen LogP contribution is -2.06. The fourth-order valence-corrected chi connectivity index (χ4v) is 0. The summed E-state index contributed by atoms with van der Waals surface area (Å²) in [5, 5.41) is 0. The molecule has 0 aromatic heterocycles. The van der Waals surface area contributed by atoms with E-state index < -0.39 is 0 Å². The fourth-order valence-electron chi connectivity index (χ4n) is 0. The SMILES string of the molecule is B.CC(C)N.F.F.F. The largest absolute Gasteiger partial charge is 0.328 e. The van der Waals surface area contributed by atoms with E-state index in [-0.39, 0.29) is 22.5 Å². The van der Waals surface area contributed by atoms with Crippen LogP contribution in [-0.4, -0.2) is 14.5 Å². The Bertz CT molecular complexity index is 19.2. The molecule has 0 aromatic carbocycles. The van der Waals surface area contributed by atoms with Gasteiger partial charge in [0.2, 0.25) is 0 Å². The normalized spacial score (nSPS) is 4.50. The van der Waals surface area contributed by atoms with Crippen LogP contribution in [0, 0.1) is 0 Å². The van der Waals surface area contributed by atoms with Gasteiger partial charge in [-0.15, -0.1) is 0 Å². The summed E-state index contributed by atoms with van der Waals surface area (Å²) in [5.74, 6) is 0. The Hall–Kier alpha value is -0.185. The van der Waals surface area contributed by atoms with Crippen LogP contribution in [0.2, 0.25) is 0 Å². The van der Waals surface area contributed by atoms with Crippen molar-refractivity contribution < 1.29 is 14.1 Å². The van der Waals surface area contributed by atoms with Gasteiger partial charge in [0.25, 0.3) is 0 Å². The molecule has 0 saturated carbocycles. The first-order valence-corrected chi connectivity index (χ1v) is 1.49. The Balaban J connectivity index is -0.00000000750. The molecule has 0 fully saturated rings. The molecule has 0 rings (SSSR count). The van der Waals surface area contributed by atoms with E-state index in [0.717, 1.165) is 0 Å². The highest BCUT2D eigenvalue weighted by Crippen LogP contribution is 1.58. The van der Waals surface area contributed by atoms with Crippen LogP contribution in [0.15, 0.2) is 0 Å². The third-order valence-corrected chi connectivity index (χ3v) is 0. The maximum Gasteiger partial charge on any atom is 0.0814 e. The van der Waals surface area contributed by atoms with E-state index in [1.54, 1.807) is 0 Å². The van der Waals surface area contributed by atoms with Gasteiger partial charge in [-0.3, -0.25) is 14.1 Å². The fraction of sp³-hybridized carbons (Fsp3) is 1.00. The number of nitrogens with two attached hydrogens (primary N) is 1. The molecule has 56 valence electrons. The van der Waals surface area contributed by atoms with E-state index in [0.29, 0.717) is 6.04 Å². The van der Waals surface area contributed by atoms with Crippen molar-refractivity contribution in [1.29, 1.82) is 0 Å². The van der Waals surface area contributed by atoms with E-state index in [2.05, 4.69) is 0 Å². The first-order valence-electron chi connectivity index (χ1n) is 1.49. The molecule has 1 nitrogen and oxygen atoms in total. The Morgan fingerprint density at radius 2 is 1.00 bits per heavy atom. The van der Waals surface area contributed by atoms with Crippen LogP contribution in [0.25, 0.3) is 0 Å². The quantitative estimate of drug-likeness (QED) is 0.448. The van der Waals surface area contributed by atoms with Crippen LogP contribution in [-0.2, 0) is 0 Å². The van der Waals surface area contributed by atoms with Crippen LogP contribution in [0.3, 0.4) is 0 Å². The maximum atomic E-state index is 5.11. The second kappa shape index (κ2) is 29.1. The van der Waals surface area contributed by atoms with Crippen molar-refractivity contribution in [1.82, 2.24) is 0 Å². The van der Waals surface area contributed by atoms with E-state index in [4.69, 9.17) is 5.73 Å². The second-order valence-electron chi connectivity index (χ2n) is 1.24. The topological polar surface area (TPSA) is 26.0 Å². The Morgan fingerprint density at radius 1 is 1.00 bits per heavy atom. The minimum Gasteiger partial charge on any atom is -0.328 e.